The molecule has 0 atom stereocenters. The molecule has 1 fully saturated rings. The first-order valence-corrected chi connectivity index (χ1v) is 11.4. The highest BCUT2D eigenvalue weighted by Gasteiger charge is 2.19. The number of non-ortho nitro benzene ring substituents is 1. The predicted octanol–water partition coefficient (Wildman–Crippen LogP) is 2.60. The number of hydrogen-bond acceptors (Lipinski definition) is 8. The number of sulfonamides is 1. The number of nitrogens with zero attached hydrogens (tertiary/aromatic N) is 5. The topological polar surface area (TPSA) is 122 Å². The molecule has 11 heteroatoms. The molecule has 166 valence electrons. The summed E-state index contributed by atoms with van der Waals surface area (Å²) in [5, 5.41) is 19.6. The number of nitrogens with one attached hydrogen (secondary N) is 1. The quantitative estimate of drug-likeness (QED) is 0.446. The summed E-state index contributed by atoms with van der Waals surface area (Å²) < 4.78 is 27.9. The lowest BCUT2D eigenvalue weighted by Crippen LogP contribution is -2.44. The van der Waals surface area contributed by atoms with Crippen LogP contribution in [0.1, 0.15) is 0 Å². The number of nitro groups is 1. The smallest absolute Gasteiger partial charge is 0.270 e. The summed E-state index contributed by atoms with van der Waals surface area (Å²) in [5.74, 6) is 0.810. The number of hydrogen-bond donors (Lipinski definition) is 1. The lowest BCUT2D eigenvalue weighted by atomic mass is 10.1. The maximum atomic E-state index is 12.7. The number of likely N-dealkylation sites (N-methyl/N-ethyl adjacent to an activating group) is 1. The lowest BCUT2D eigenvalue weighted by molar-refractivity contribution is -0.385. The molecule has 0 saturated carbocycles. The number of anilines is 2. The van der Waals surface area contributed by atoms with E-state index in [0.717, 1.165) is 38.1 Å². The molecule has 2 heterocycles. The molecule has 32 heavy (non-hydrogen) atoms. The molecule has 3 aromatic rings. The highest BCUT2D eigenvalue weighted by Crippen LogP contribution is 2.25. The molecule has 0 amide bonds. The average Bonchev–Trinajstić information content (AvgIpc) is 2.80. The fraction of sp³-hybridized carbons (Fsp3) is 0.238. The Morgan fingerprint density at radius 3 is 2.41 bits per heavy atom. The Kier molecular flexibility index (Phi) is 6.01. The van der Waals surface area contributed by atoms with E-state index in [1.54, 1.807) is 18.2 Å². The zero-order valence-corrected chi connectivity index (χ0v) is 18.2. The molecule has 1 N–H and O–H groups in total. The molecule has 1 aromatic heterocycles. The first-order valence-electron chi connectivity index (χ1n) is 9.97. The fourth-order valence-electron chi connectivity index (χ4n) is 3.40. The number of piperazine rings is 1. The van der Waals surface area contributed by atoms with Gasteiger partial charge in [-0.15, -0.1) is 10.2 Å². The molecule has 4 rings (SSSR count). The van der Waals surface area contributed by atoms with Gasteiger partial charge in [0.25, 0.3) is 15.7 Å². The van der Waals surface area contributed by atoms with Crippen LogP contribution in [0.15, 0.2) is 65.6 Å². The molecule has 0 aliphatic carbocycles. The van der Waals surface area contributed by atoms with Crippen molar-refractivity contribution in [1.29, 1.82) is 0 Å². The summed E-state index contributed by atoms with van der Waals surface area (Å²) in [5.41, 5.74) is 1.33. The molecular formula is C21H22N6O4S. The second-order valence-corrected chi connectivity index (χ2v) is 9.19. The van der Waals surface area contributed by atoms with Crippen molar-refractivity contribution in [1.82, 2.24) is 15.1 Å². The van der Waals surface area contributed by atoms with Gasteiger partial charge in [0, 0.05) is 49.6 Å². The maximum Gasteiger partial charge on any atom is 0.270 e. The van der Waals surface area contributed by atoms with E-state index in [2.05, 4.69) is 31.8 Å². The van der Waals surface area contributed by atoms with Gasteiger partial charge in [0.05, 0.1) is 15.5 Å². The standard InChI is InChI=1S/C21H22N6O4S/c1-25-10-12-26(13-11-25)21-9-8-20(22-23-21)16-4-2-5-17(14-16)24-32(30,31)19-7-3-6-18(15-19)27(28)29/h2-9,14-15,24H,10-13H2,1H3. The van der Waals surface area contributed by atoms with E-state index in [4.69, 9.17) is 0 Å². The number of rotatable bonds is 6. The molecule has 0 spiro atoms. The Bertz CT molecular complexity index is 1230. The zero-order chi connectivity index (χ0) is 22.7. The van der Waals surface area contributed by atoms with Crippen molar-refractivity contribution in [2.45, 2.75) is 4.90 Å². The van der Waals surface area contributed by atoms with Crippen LogP contribution in [0.2, 0.25) is 0 Å². The van der Waals surface area contributed by atoms with Crippen molar-refractivity contribution in [2.24, 2.45) is 0 Å². The van der Waals surface area contributed by atoms with Gasteiger partial charge in [0.1, 0.15) is 0 Å². The fourth-order valence-corrected chi connectivity index (χ4v) is 4.49. The van der Waals surface area contributed by atoms with Gasteiger partial charge in [0.2, 0.25) is 0 Å². The van der Waals surface area contributed by atoms with Gasteiger partial charge in [-0.2, -0.15) is 0 Å². The van der Waals surface area contributed by atoms with Gasteiger partial charge < -0.3 is 9.80 Å². The Morgan fingerprint density at radius 2 is 1.72 bits per heavy atom. The second-order valence-electron chi connectivity index (χ2n) is 7.51. The largest absolute Gasteiger partial charge is 0.353 e. The summed E-state index contributed by atoms with van der Waals surface area (Å²) in [6.45, 7) is 3.71. The molecule has 0 bridgehead atoms. The van der Waals surface area contributed by atoms with Gasteiger partial charge in [-0.3, -0.25) is 14.8 Å². The number of benzene rings is 2. The molecule has 1 aliphatic rings. The van der Waals surface area contributed by atoms with E-state index in [0.29, 0.717) is 16.9 Å². The molecule has 0 radical (unpaired) electrons. The number of nitro benzene ring substituents is 1. The van der Waals surface area contributed by atoms with E-state index in [1.165, 1.54) is 18.2 Å². The second kappa shape index (κ2) is 8.89. The Hall–Kier alpha value is -3.57. The van der Waals surface area contributed by atoms with Crippen LogP contribution < -0.4 is 9.62 Å². The minimum absolute atomic E-state index is 0.187. The molecule has 1 aliphatic heterocycles. The van der Waals surface area contributed by atoms with Crippen molar-refractivity contribution in [2.75, 3.05) is 42.8 Å². The lowest BCUT2D eigenvalue weighted by Gasteiger charge is -2.32. The molecule has 0 unspecified atom stereocenters. The highest BCUT2D eigenvalue weighted by molar-refractivity contribution is 7.92. The van der Waals surface area contributed by atoms with Crippen molar-refractivity contribution in [3.63, 3.8) is 0 Å². The molecular weight excluding hydrogens is 432 g/mol. The van der Waals surface area contributed by atoms with Crippen molar-refractivity contribution in [3.05, 3.63) is 70.8 Å². The molecule has 2 aromatic carbocycles. The third kappa shape index (κ3) is 4.84. The highest BCUT2D eigenvalue weighted by atomic mass is 32.2. The first kappa shape index (κ1) is 21.7. The van der Waals surface area contributed by atoms with Crippen LogP contribution in [0.4, 0.5) is 17.2 Å². The van der Waals surface area contributed by atoms with Gasteiger partial charge in [-0.25, -0.2) is 8.42 Å². The average molecular weight is 455 g/mol. The Labute approximate surface area is 185 Å². The normalized spacial score (nSPS) is 14.8. The van der Waals surface area contributed by atoms with Crippen LogP contribution in [0, 0.1) is 10.1 Å². The van der Waals surface area contributed by atoms with Crippen molar-refractivity contribution in [3.8, 4) is 11.3 Å². The van der Waals surface area contributed by atoms with Crippen molar-refractivity contribution < 1.29 is 13.3 Å². The number of aromatic nitrogens is 2. The summed E-state index contributed by atoms with van der Waals surface area (Å²) >= 11 is 0. The Morgan fingerprint density at radius 1 is 0.969 bits per heavy atom. The van der Waals surface area contributed by atoms with E-state index in [1.807, 2.05) is 18.2 Å². The minimum atomic E-state index is -4.00. The third-order valence-corrected chi connectivity index (χ3v) is 6.61. The SMILES string of the molecule is CN1CCN(c2ccc(-c3cccc(NS(=O)(=O)c4cccc([N+](=O)[O-])c4)c3)nn2)CC1. The van der Waals surface area contributed by atoms with E-state index in [9.17, 15) is 18.5 Å². The van der Waals surface area contributed by atoms with Gasteiger partial charge in [-0.05, 0) is 37.4 Å². The van der Waals surface area contributed by atoms with Gasteiger partial charge >= 0.3 is 0 Å². The third-order valence-electron chi connectivity index (χ3n) is 5.23. The Balaban J connectivity index is 1.52. The van der Waals surface area contributed by atoms with Crippen LogP contribution in [0.3, 0.4) is 0 Å². The van der Waals surface area contributed by atoms with Crippen LogP contribution in [-0.2, 0) is 10.0 Å². The predicted molar refractivity (Wildman–Crippen MR) is 121 cm³/mol. The van der Waals surface area contributed by atoms with Crippen LogP contribution in [0.25, 0.3) is 11.3 Å². The first-order chi connectivity index (χ1) is 15.3. The minimum Gasteiger partial charge on any atom is -0.353 e. The van der Waals surface area contributed by atoms with E-state index < -0.39 is 14.9 Å². The van der Waals surface area contributed by atoms with Crippen LogP contribution in [-0.4, -0.2) is 61.7 Å². The monoisotopic (exact) mass is 454 g/mol. The van der Waals surface area contributed by atoms with Crippen LogP contribution >= 0.6 is 0 Å². The van der Waals surface area contributed by atoms with Crippen molar-refractivity contribution >= 4 is 27.2 Å². The van der Waals surface area contributed by atoms with E-state index >= 15 is 0 Å². The zero-order valence-electron chi connectivity index (χ0n) is 17.4. The van der Waals surface area contributed by atoms with E-state index in [-0.39, 0.29) is 10.6 Å². The summed E-state index contributed by atoms with van der Waals surface area (Å²) in [6, 6.07) is 15.4. The van der Waals surface area contributed by atoms with Gasteiger partial charge in [-0.1, -0.05) is 18.2 Å². The maximum absolute atomic E-state index is 12.7. The van der Waals surface area contributed by atoms with Gasteiger partial charge in [0.15, 0.2) is 5.82 Å². The molecule has 1 saturated heterocycles. The van der Waals surface area contributed by atoms with Crippen LogP contribution in [0.5, 0.6) is 0 Å². The summed E-state index contributed by atoms with van der Waals surface area (Å²) in [6.07, 6.45) is 0. The summed E-state index contributed by atoms with van der Waals surface area (Å²) in [7, 11) is -1.91. The molecule has 10 nitrogen and oxygen atoms in total. The summed E-state index contributed by atoms with van der Waals surface area (Å²) in [4.78, 5) is 14.6.